The van der Waals surface area contributed by atoms with Crippen LogP contribution < -0.4 is 0 Å². The van der Waals surface area contributed by atoms with E-state index in [0.717, 1.165) is 32.8 Å². The highest BCUT2D eigenvalue weighted by molar-refractivity contribution is 7.11. The van der Waals surface area contributed by atoms with Gasteiger partial charge in [0.1, 0.15) is 0 Å². The van der Waals surface area contributed by atoms with Crippen molar-refractivity contribution in [2.45, 2.75) is 32.0 Å². The second-order valence-corrected chi connectivity index (χ2v) is 7.99. The van der Waals surface area contributed by atoms with Gasteiger partial charge in [0.2, 0.25) is 0 Å². The topological polar surface area (TPSA) is 28.6 Å². The summed E-state index contributed by atoms with van der Waals surface area (Å²) < 4.78 is 5.94. The molecule has 2 aromatic rings. The van der Waals surface area contributed by atoms with E-state index in [-0.39, 0.29) is 6.10 Å². The lowest BCUT2D eigenvalue weighted by atomic mass is 10.1. The summed E-state index contributed by atoms with van der Waals surface area (Å²) in [6.07, 6.45) is 6.62. The molecular weight excluding hydrogens is 318 g/mol. The van der Waals surface area contributed by atoms with E-state index in [1.54, 1.807) is 0 Å². The van der Waals surface area contributed by atoms with Crippen LogP contribution in [0.15, 0.2) is 36.7 Å². The molecule has 0 aromatic carbocycles. The van der Waals surface area contributed by atoms with Gasteiger partial charge in [0.25, 0.3) is 0 Å². The van der Waals surface area contributed by atoms with E-state index in [1.807, 2.05) is 29.8 Å². The Morgan fingerprint density at radius 2 is 1.83 bits per heavy atom. The van der Waals surface area contributed by atoms with Crippen LogP contribution in [0.5, 0.6) is 0 Å². The lowest BCUT2D eigenvalue weighted by Crippen LogP contribution is -2.37. The predicted molar refractivity (Wildman–Crippen MR) is 97.0 cm³/mol. The van der Waals surface area contributed by atoms with Gasteiger partial charge in [0.15, 0.2) is 0 Å². The molecule has 0 bridgehead atoms. The number of hydrogen-bond acceptors (Lipinski definition) is 5. The summed E-state index contributed by atoms with van der Waals surface area (Å²) in [5.41, 5.74) is 1.18. The minimum Gasteiger partial charge on any atom is -0.371 e. The monoisotopic (exact) mass is 343 g/mol. The highest BCUT2D eigenvalue weighted by atomic mass is 32.1. The lowest BCUT2D eigenvalue weighted by molar-refractivity contribution is -0.0327. The molecule has 2 aliphatic rings. The van der Waals surface area contributed by atoms with Gasteiger partial charge in [-0.3, -0.25) is 14.8 Å². The van der Waals surface area contributed by atoms with Crippen LogP contribution in [0, 0.1) is 0 Å². The molecule has 1 atom stereocenters. The second-order valence-electron chi connectivity index (χ2n) is 6.73. The standard InChI is InChI=1S/C19H25N3OS/c1-2-9-21(8-1)13-17-5-6-18(24-17)14-22-10-11-23-19(15-22)16-4-3-7-20-12-16/h3-7,12,19H,1-2,8-11,13-15H2/t19-/m0/s1. The Balaban J connectivity index is 1.34. The molecule has 0 saturated carbocycles. The van der Waals surface area contributed by atoms with Crippen LogP contribution in [0.25, 0.3) is 0 Å². The zero-order valence-corrected chi connectivity index (χ0v) is 14.9. The van der Waals surface area contributed by atoms with Crippen LogP contribution in [-0.4, -0.2) is 47.6 Å². The zero-order chi connectivity index (χ0) is 16.2. The zero-order valence-electron chi connectivity index (χ0n) is 14.1. The van der Waals surface area contributed by atoms with Crippen LogP contribution in [0.1, 0.15) is 34.3 Å². The molecule has 0 amide bonds. The van der Waals surface area contributed by atoms with Crippen molar-refractivity contribution < 1.29 is 4.74 Å². The summed E-state index contributed by atoms with van der Waals surface area (Å²) >= 11 is 1.97. The fraction of sp³-hybridized carbons (Fsp3) is 0.526. The maximum Gasteiger partial charge on any atom is 0.0967 e. The van der Waals surface area contributed by atoms with Crippen molar-refractivity contribution in [1.29, 1.82) is 0 Å². The molecule has 4 nitrogen and oxygen atoms in total. The summed E-state index contributed by atoms with van der Waals surface area (Å²) in [4.78, 5) is 12.3. The summed E-state index contributed by atoms with van der Waals surface area (Å²) in [6.45, 7) is 7.45. The van der Waals surface area contributed by atoms with Crippen molar-refractivity contribution in [3.8, 4) is 0 Å². The van der Waals surface area contributed by atoms with Gasteiger partial charge in [-0.1, -0.05) is 6.07 Å². The van der Waals surface area contributed by atoms with Gasteiger partial charge in [0.05, 0.1) is 12.7 Å². The average molecular weight is 343 g/mol. The first-order valence-electron chi connectivity index (χ1n) is 8.91. The third kappa shape index (κ3) is 4.03. The lowest BCUT2D eigenvalue weighted by Gasteiger charge is -2.32. The Bertz CT molecular complexity index is 639. The molecule has 2 aliphatic heterocycles. The molecular formula is C19H25N3OS. The van der Waals surface area contributed by atoms with Gasteiger partial charge < -0.3 is 4.74 Å². The average Bonchev–Trinajstić information content (AvgIpc) is 3.29. The van der Waals surface area contributed by atoms with Crippen molar-refractivity contribution in [1.82, 2.24) is 14.8 Å². The number of morpholine rings is 1. The summed E-state index contributed by atoms with van der Waals surface area (Å²) in [6, 6.07) is 8.73. The Morgan fingerprint density at radius 1 is 1.04 bits per heavy atom. The molecule has 4 heterocycles. The van der Waals surface area contributed by atoms with Gasteiger partial charge in [0, 0.05) is 53.9 Å². The van der Waals surface area contributed by atoms with E-state index in [2.05, 4.69) is 33.0 Å². The molecule has 0 spiro atoms. The van der Waals surface area contributed by atoms with E-state index in [4.69, 9.17) is 4.74 Å². The fourth-order valence-electron chi connectivity index (χ4n) is 3.59. The Kier molecular flexibility index (Phi) is 5.23. The smallest absolute Gasteiger partial charge is 0.0967 e. The minimum absolute atomic E-state index is 0.150. The van der Waals surface area contributed by atoms with Crippen molar-refractivity contribution in [3.63, 3.8) is 0 Å². The summed E-state index contributed by atoms with van der Waals surface area (Å²) in [7, 11) is 0. The number of hydrogen-bond donors (Lipinski definition) is 0. The number of thiophene rings is 1. The first kappa shape index (κ1) is 16.2. The van der Waals surface area contributed by atoms with Gasteiger partial charge in [-0.15, -0.1) is 11.3 Å². The van der Waals surface area contributed by atoms with E-state index in [1.165, 1.54) is 41.2 Å². The molecule has 0 radical (unpaired) electrons. The number of pyridine rings is 1. The first-order chi connectivity index (χ1) is 11.9. The Hall–Kier alpha value is -1.27. The minimum atomic E-state index is 0.150. The molecule has 0 aliphatic carbocycles. The number of ether oxygens (including phenoxy) is 1. The molecule has 0 N–H and O–H groups in total. The van der Waals surface area contributed by atoms with E-state index in [9.17, 15) is 0 Å². The number of rotatable bonds is 5. The molecule has 128 valence electrons. The van der Waals surface area contributed by atoms with Crippen molar-refractivity contribution >= 4 is 11.3 Å². The van der Waals surface area contributed by atoms with Gasteiger partial charge in [-0.2, -0.15) is 0 Å². The summed E-state index contributed by atoms with van der Waals surface area (Å²) in [5.74, 6) is 0. The van der Waals surface area contributed by atoms with Crippen LogP contribution in [-0.2, 0) is 17.8 Å². The normalized spacial score (nSPS) is 22.9. The van der Waals surface area contributed by atoms with Gasteiger partial charge in [-0.05, 0) is 44.1 Å². The Morgan fingerprint density at radius 3 is 2.58 bits per heavy atom. The third-order valence-electron chi connectivity index (χ3n) is 4.88. The largest absolute Gasteiger partial charge is 0.371 e. The molecule has 2 fully saturated rings. The van der Waals surface area contributed by atoms with Crippen LogP contribution in [0.2, 0.25) is 0 Å². The fourth-order valence-corrected chi connectivity index (χ4v) is 4.69. The van der Waals surface area contributed by atoms with Gasteiger partial charge in [-0.25, -0.2) is 0 Å². The quantitative estimate of drug-likeness (QED) is 0.833. The number of likely N-dealkylation sites (tertiary alicyclic amines) is 1. The van der Waals surface area contributed by atoms with Crippen molar-refractivity contribution in [3.05, 3.63) is 52.0 Å². The molecule has 0 unspecified atom stereocenters. The molecule has 2 aromatic heterocycles. The van der Waals surface area contributed by atoms with Crippen LogP contribution >= 0.6 is 11.3 Å². The molecule has 24 heavy (non-hydrogen) atoms. The first-order valence-corrected chi connectivity index (χ1v) is 9.72. The van der Waals surface area contributed by atoms with E-state index < -0.39 is 0 Å². The maximum atomic E-state index is 5.94. The van der Waals surface area contributed by atoms with E-state index >= 15 is 0 Å². The molecule has 5 heteroatoms. The summed E-state index contributed by atoms with van der Waals surface area (Å²) in [5, 5.41) is 0. The third-order valence-corrected chi connectivity index (χ3v) is 5.94. The SMILES string of the molecule is c1cncc([C@@H]2CN(Cc3ccc(CN4CCCC4)s3)CCO2)c1. The number of nitrogens with zero attached hydrogens (tertiary/aromatic N) is 3. The van der Waals surface area contributed by atoms with Crippen LogP contribution in [0.3, 0.4) is 0 Å². The van der Waals surface area contributed by atoms with E-state index in [0.29, 0.717) is 0 Å². The predicted octanol–water partition coefficient (Wildman–Crippen LogP) is 3.31. The highest BCUT2D eigenvalue weighted by Crippen LogP contribution is 2.25. The van der Waals surface area contributed by atoms with Crippen LogP contribution in [0.4, 0.5) is 0 Å². The molecule has 2 saturated heterocycles. The second kappa shape index (κ2) is 7.74. The van der Waals surface area contributed by atoms with Crippen molar-refractivity contribution in [2.24, 2.45) is 0 Å². The number of aromatic nitrogens is 1. The molecule has 4 rings (SSSR count). The Labute approximate surface area is 148 Å². The maximum absolute atomic E-state index is 5.94. The van der Waals surface area contributed by atoms with Gasteiger partial charge >= 0.3 is 0 Å². The van der Waals surface area contributed by atoms with Crippen molar-refractivity contribution in [2.75, 3.05) is 32.8 Å². The highest BCUT2D eigenvalue weighted by Gasteiger charge is 2.22.